The molecule has 0 radical (unpaired) electrons. The van der Waals surface area contributed by atoms with Gasteiger partial charge in [0.1, 0.15) is 23.8 Å². The normalized spacial score (nSPS) is 12.1. The highest BCUT2D eigenvalue weighted by Crippen LogP contribution is 2.22. The van der Waals surface area contributed by atoms with Crippen LogP contribution in [0.25, 0.3) is 11.6 Å². The molecular formula is C18H25N7O3S. The summed E-state index contributed by atoms with van der Waals surface area (Å²) in [5.74, 6) is 3.02. The summed E-state index contributed by atoms with van der Waals surface area (Å²) in [4.78, 5) is 12.9. The van der Waals surface area contributed by atoms with Crippen molar-refractivity contribution in [3.8, 4) is 11.6 Å². The second-order valence-corrected chi connectivity index (χ2v) is 9.99. The van der Waals surface area contributed by atoms with Gasteiger partial charge in [0, 0.05) is 18.4 Å². The molecule has 3 N–H and O–H groups in total. The first-order chi connectivity index (χ1) is 13.7. The van der Waals surface area contributed by atoms with Gasteiger partial charge in [-0.3, -0.25) is 5.10 Å². The highest BCUT2D eigenvalue weighted by molar-refractivity contribution is 7.92. The summed E-state index contributed by atoms with van der Waals surface area (Å²) in [6.07, 6.45) is 4.74. The molecule has 0 saturated carbocycles. The van der Waals surface area contributed by atoms with Gasteiger partial charge in [0.15, 0.2) is 15.6 Å². The number of furan rings is 1. The van der Waals surface area contributed by atoms with Gasteiger partial charge in [-0.2, -0.15) is 0 Å². The number of nitrogens with zero attached hydrogens (tertiary/aromatic N) is 4. The topological polar surface area (TPSA) is 139 Å². The Hall–Kier alpha value is -2.95. The number of anilines is 2. The standard InChI is InChI=1S/C18H25N7O3S/c1-12-15(19-8-7-18(2,3)29(4,26)27)21-11-22-16(12)20-10-14-23-17(25-24-14)13-6-5-9-28-13/h5-6,9,11H,7-8,10H2,1-4H3,(H,23,24,25)(H2,19,20,21,22). The Morgan fingerprint density at radius 1 is 1.21 bits per heavy atom. The smallest absolute Gasteiger partial charge is 0.216 e. The molecule has 0 saturated heterocycles. The highest BCUT2D eigenvalue weighted by Gasteiger charge is 2.29. The number of aromatic nitrogens is 5. The van der Waals surface area contributed by atoms with Crippen LogP contribution in [-0.4, -0.2) is 51.1 Å². The van der Waals surface area contributed by atoms with Gasteiger partial charge in [0.2, 0.25) is 5.82 Å². The first-order valence-electron chi connectivity index (χ1n) is 9.11. The fraction of sp³-hybridized carbons (Fsp3) is 0.444. The maximum Gasteiger partial charge on any atom is 0.216 e. The quantitative estimate of drug-likeness (QED) is 0.477. The van der Waals surface area contributed by atoms with Crippen molar-refractivity contribution in [1.82, 2.24) is 25.1 Å². The van der Waals surface area contributed by atoms with Gasteiger partial charge in [0.05, 0.1) is 17.6 Å². The number of H-pyrrole nitrogens is 1. The summed E-state index contributed by atoms with van der Waals surface area (Å²) < 4.78 is 28.1. The Balaban J connectivity index is 1.60. The Morgan fingerprint density at radius 2 is 1.93 bits per heavy atom. The van der Waals surface area contributed by atoms with Crippen LogP contribution in [0, 0.1) is 6.92 Å². The molecule has 0 aliphatic heterocycles. The molecule has 29 heavy (non-hydrogen) atoms. The monoisotopic (exact) mass is 419 g/mol. The number of hydrogen-bond donors (Lipinski definition) is 3. The van der Waals surface area contributed by atoms with Crippen molar-refractivity contribution in [1.29, 1.82) is 0 Å². The van der Waals surface area contributed by atoms with Crippen LogP contribution < -0.4 is 10.6 Å². The van der Waals surface area contributed by atoms with E-state index in [4.69, 9.17) is 4.42 Å². The van der Waals surface area contributed by atoms with Crippen molar-refractivity contribution in [2.24, 2.45) is 0 Å². The molecule has 3 heterocycles. The molecular weight excluding hydrogens is 394 g/mol. The third-order valence-corrected chi connectivity index (χ3v) is 7.02. The first kappa shape index (κ1) is 20.8. The van der Waals surface area contributed by atoms with Crippen LogP contribution in [-0.2, 0) is 16.4 Å². The number of aromatic amines is 1. The zero-order valence-corrected chi connectivity index (χ0v) is 17.7. The third kappa shape index (κ3) is 4.91. The Morgan fingerprint density at radius 3 is 2.59 bits per heavy atom. The molecule has 0 fully saturated rings. The molecule has 156 valence electrons. The summed E-state index contributed by atoms with van der Waals surface area (Å²) in [7, 11) is -3.14. The van der Waals surface area contributed by atoms with Crippen molar-refractivity contribution >= 4 is 21.5 Å². The largest absolute Gasteiger partial charge is 0.461 e. The van der Waals surface area contributed by atoms with Gasteiger partial charge in [-0.25, -0.2) is 23.4 Å². The predicted octanol–water partition coefficient (Wildman–Crippen LogP) is 2.40. The van der Waals surface area contributed by atoms with Crippen LogP contribution in [0.1, 0.15) is 31.7 Å². The molecule has 0 spiro atoms. The summed E-state index contributed by atoms with van der Waals surface area (Å²) >= 11 is 0. The van der Waals surface area contributed by atoms with Gasteiger partial charge < -0.3 is 15.1 Å². The molecule has 3 aromatic rings. The molecule has 10 nitrogen and oxygen atoms in total. The van der Waals surface area contributed by atoms with E-state index >= 15 is 0 Å². The van der Waals surface area contributed by atoms with Gasteiger partial charge >= 0.3 is 0 Å². The minimum absolute atomic E-state index is 0.395. The molecule has 0 aromatic carbocycles. The van der Waals surface area contributed by atoms with Gasteiger partial charge in [-0.15, -0.1) is 5.10 Å². The van der Waals surface area contributed by atoms with Gasteiger partial charge in [-0.1, -0.05) is 0 Å². The lowest BCUT2D eigenvalue weighted by Gasteiger charge is -2.22. The average molecular weight is 420 g/mol. The van der Waals surface area contributed by atoms with E-state index in [1.54, 1.807) is 32.2 Å². The zero-order chi connectivity index (χ0) is 21.1. The summed E-state index contributed by atoms with van der Waals surface area (Å²) in [5.41, 5.74) is 0.829. The van der Waals surface area contributed by atoms with E-state index in [1.165, 1.54) is 12.6 Å². The lowest BCUT2D eigenvalue weighted by Crippen LogP contribution is -2.33. The van der Waals surface area contributed by atoms with E-state index in [0.717, 1.165) is 5.56 Å². The van der Waals surface area contributed by atoms with Crippen LogP contribution >= 0.6 is 0 Å². The Bertz CT molecular complexity index is 1060. The summed E-state index contributed by atoms with van der Waals surface area (Å²) in [5, 5.41) is 13.4. The zero-order valence-electron chi connectivity index (χ0n) is 16.9. The van der Waals surface area contributed by atoms with E-state index in [9.17, 15) is 8.42 Å². The van der Waals surface area contributed by atoms with Crippen LogP contribution in [0.15, 0.2) is 29.1 Å². The number of sulfone groups is 1. The Labute approximate surface area is 169 Å². The van der Waals surface area contributed by atoms with Gasteiger partial charge in [-0.05, 0) is 39.3 Å². The number of nitrogens with one attached hydrogen (secondary N) is 3. The molecule has 0 unspecified atom stereocenters. The van der Waals surface area contributed by atoms with Crippen LogP contribution in [0.3, 0.4) is 0 Å². The molecule has 3 aromatic heterocycles. The lowest BCUT2D eigenvalue weighted by atomic mass is 10.1. The molecule has 0 aliphatic rings. The van der Waals surface area contributed by atoms with Crippen molar-refractivity contribution in [3.63, 3.8) is 0 Å². The average Bonchev–Trinajstić information content (AvgIpc) is 3.32. The number of hydrogen-bond acceptors (Lipinski definition) is 9. The van der Waals surface area contributed by atoms with Crippen molar-refractivity contribution in [3.05, 3.63) is 36.1 Å². The van der Waals surface area contributed by atoms with E-state index in [0.29, 0.717) is 48.6 Å². The summed E-state index contributed by atoms with van der Waals surface area (Å²) in [6, 6.07) is 3.57. The molecule has 0 amide bonds. The van der Waals surface area contributed by atoms with Crippen LogP contribution in [0.2, 0.25) is 0 Å². The van der Waals surface area contributed by atoms with E-state index < -0.39 is 14.6 Å². The molecule has 11 heteroatoms. The fourth-order valence-corrected chi connectivity index (χ4v) is 3.00. The van der Waals surface area contributed by atoms with Gasteiger partial charge in [0.25, 0.3) is 0 Å². The van der Waals surface area contributed by atoms with Crippen LogP contribution in [0.5, 0.6) is 0 Å². The SMILES string of the molecule is Cc1c(NCCC(C)(C)S(C)(=O)=O)ncnc1NCc1nc(-c2ccco2)n[nH]1. The summed E-state index contributed by atoms with van der Waals surface area (Å²) in [6.45, 7) is 6.20. The highest BCUT2D eigenvalue weighted by atomic mass is 32.2. The third-order valence-electron chi connectivity index (χ3n) is 4.80. The Kier molecular flexibility index (Phi) is 5.87. The van der Waals surface area contributed by atoms with Crippen molar-refractivity contribution < 1.29 is 12.8 Å². The van der Waals surface area contributed by atoms with Crippen molar-refractivity contribution in [2.75, 3.05) is 23.4 Å². The van der Waals surface area contributed by atoms with E-state index in [1.807, 2.05) is 6.92 Å². The van der Waals surface area contributed by atoms with Crippen molar-refractivity contribution in [2.45, 2.75) is 38.5 Å². The molecule has 0 atom stereocenters. The molecule has 0 bridgehead atoms. The lowest BCUT2D eigenvalue weighted by molar-refractivity contribution is 0.539. The molecule has 0 aliphatic carbocycles. The molecule has 3 rings (SSSR count). The maximum atomic E-state index is 11.8. The number of rotatable bonds is 9. The fourth-order valence-electron chi connectivity index (χ4n) is 2.53. The maximum absolute atomic E-state index is 11.8. The minimum Gasteiger partial charge on any atom is -0.461 e. The van der Waals surface area contributed by atoms with E-state index in [-0.39, 0.29) is 0 Å². The van der Waals surface area contributed by atoms with Crippen LogP contribution in [0.4, 0.5) is 11.6 Å². The minimum atomic E-state index is -3.14. The second kappa shape index (κ2) is 8.19. The van der Waals surface area contributed by atoms with E-state index in [2.05, 4.69) is 35.8 Å². The second-order valence-electron chi connectivity index (χ2n) is 7.34. The first-order valence-corrected chi connectivity index (χ1v) is 11.0. The predicted molar refractivity (Wildman–Crippen MR) is 110 cm³/mol.